The summed E-state index contributed by atoms with van der Waals surface area (Å²) in [5.74, 6) is 0.737. The summed E-state index contributed by atoms with van der Waals surface area (Å²) in [5, 5.41) is 0. The fraction of sp³-hybridized carbons (Fsp3) is 0.143. The fourth-order valence-corrected chi connectivity index (χ4v) is 1.46. The zero-order chi connectivity index (χ0) is 12.1. The average Bonchev–Trinajstić information content (AvgIpc) is 2.38. The Kier molecular flexibility index (Phi) is 3.50. The molecule has 0 fully saturated rings. The zero-order valence-electron chi connectivity index (χ0n) is 9.59. The van der Waals surface area contributed by atoms with Crippen LogP contribution >= 0.6 is 0 Å². The van der Waals surface area contributed by atoms with Gasteiger partial charge in [0, 0.05) is 11.8 Å². The van der Waals surface area contributed by atoms with E-state index in [1.807, 2.05) is 19.1 Å². The first kappa shape index (κ1) is 11.3. The molecule has 3 nitrogen and oxygen atoms in total. The van der Waals surface area contributed by atoms with Gasteiger partial charge in [0.15, 0.2) is 0 Å². The number of hydrogen-bond donors (Lipinski definition) is 0. The molecule has 0 saturated carbocycles. The summed E-state index contributed by atoms with van der Waals surface area (Å²) in [6.45, 7) is 2.44. The quantitative estimate of drug-likeness (QED) is 0.754. The van der Waals surface area contributed by atoms with Crippen molar-refractivity contribution in [1.29, 1.82) is 0 Å². The van der Waals surface area contributed by atoms with E-state index in [-0.39, 0.29) is 0 Å². The minimum atomic E-state index is 0.438. The minimum Gasteiger partial charge on any atom is -0.487 e. The third kappa shape index (κ3) is 2.91. The topological polar surface area (TPSA) is 39.2 Å². The predicted molar refractivity (Wildman–Crippen MR) is 65.1 cm³/mol. The molecule has 0 aliphatic heterocycles. The molecule has 17 heavy (non-hydrogen) atoms. The molecule has 0 atom stereocenters. The molecule has 1 aromatic carbocycles. The van der Waals surface area contributed by atoms with E-state index in [0.29, 0.717) is 12.2 Å². The number of carbonyl (C=O) groups excluding carboxylic acids is 1. The van der Waals surface area contributed by atoms with Crippen molar-refractivity contribution in [1.82, 2.24) is 4.98 Å². The summed E-state index contributed by atoms with van der Waals surface area (Å²) < 4.78 is 5.59. The molecule has 1 heterocycles. The molecular formula is C14H13NO2. The molecule has 0 aliphatic rings. The second-order valence-corrected chi connectivity index (χ2v) is 3.74. The summed E-state index contributed by atoms with van der Waals surface area (Å²) in [6.07, 6.45) is 2.56. The van der Waals surface area contributed by atoms with Crippen LogP contribution in [0, 0.1) is 6.92 Å². The van der Waals surface area contributed by atoms with Gasteiger partial charge in [-0.1, -0.05) is 6.07 Å². The molecule has 0 bridgehead atoms. The molecule has 1 aromatic heterocycles. The number of nitrogens with zero attached hydrogens (tertiary/aromatic N) is 1. The minimum absolute atomic E-state index is 0.438. The van der Waals surface area contributed by atoms with Crippen LogP contribution in [0.5, 0.6) is 5.75 Å². The maximum Gasteiger partial charge on any atom is 0.150 e. The number of benzene rings is 1. The highest BCUT2D eigenvalue weighted by Gasteiger charge is 2.00. The highest BCUT2D eigenvalue weighted by atomic mass is 16.5. The lowest BCUT2D eigenvalue weighted by Gasteiger charge is -2.07. The Labute approximate surface area is 100 Å². The van der Waals surface area contributed by atoms with Gasteiger partial charge >= 0.3 is 0 Å². The molecule has 0 aliphatic carbocycles. The zero-order valence-corrected chi connectivity index (χ0v) is 9.59. The Morgan fingerprint density at radius 2 is 2.00 bits per heavy atom. The van der Waals surface area contributed by atoms with Crippen LogP contribution in [0.1, 0.15) is 21.6 Å². The van der Waals surface area contributed by atoms with Gasteiger partial charge in [-0.15, -0.1) is 0 Å². The van der Waals surface area contributed by atoms with Crippen LogP contribution in [-0.4, -0.2) is 11.3 Å². The standard InChI is InChI=1S/C14H13NO2/c1-11-3-2-8-15-14(11)10-17-13-6-4-12(9-16)5-7-13/h2-9H,10H2,1H3. The number of ether oxygens (including phenoxy) is 1. The van der Waals surface area contributed by atoms with Gasteiger partial charge < -0.3 is 4.74 Å². The van der Waals surface area contributed by atoms with Gasteiger partial charge in [-0.3, -0.25) is 9.78 Å². The SMILES string of the molecule is Cc1cccnc1COc1ccc(C=O)cc1. The van der Waals surface area contributed by atoms with Gasteiger partial charge in [0.2, 0.25) is 0 Å². The normalized spacial score (nSPS) is 9.94. The second-order valence-electron chi connectivity index (χ2n) is 3.74. The van der Waals surface area contributed by atoms with Crippen LogP contribution in [0.4, 0.5) is 0 Å². The largest absolute Gasteiger partial charge is 0.487 e. The van der Waals surface area contributed by atoms with Gasteiger partial charge in [0.1, 0.15) is 18.6 Å². The first-order valence-electron chi connectivity index (χ1n) is 5.38. The van der Waals surface area contributed by atoms with E-state index in [9.17, 15) is 4.79 Å². The Balaban J connectivity index is 2.02. The number of carbonyl (C=O) groups is 1. The molecule has 0 saturated heterocycles. The molecule has 0 unspecified atom stereocenters. The summed E-state index contributed by atoms with van der Waals surface area (Å²) in [5.41, 5.74) is 2.68. The molecule has 0 radical (unpaired) electrons. The summed E-state index contributed by atoms with van der Waals surface area (Å²) in [6, 6.07) is 10.9. The van der Waals surface area contributed by atoms with E-state index in [2.05, 4.69) is 4.98 Å². The second kappa shape index (κ2) is 5.25. The van der Waals surface area contributed by atoms with Crippen molar-refractivity contribution in [2.24, 2.45) is 0 Å². The molecule has 0 N–H and O–H groups in total. The highest BCUT2D eigenvalue weighted by Crippen LogP contribution is 2.13. The van der Waals surface area contributed by atoms with Crippen molar-refractivity contribution in [3.63, 3.8) is 0 Å². The Bertz CT molecular complexity index is 506. The maximum atomic E-state index is 10.5. The van der Waals surface area contributed by atoms with Crippen molar-refractivity contribution in [2.45, 2.75) is 13.5 Å². The Morgan fingerprint density at radius 1 is 1.24 bits per heavy atom. The number of aromatic nitrogens is 1. The lowest BCUT2D eigenvalue weighted by Crippen LogP contribution is -2.00. The number of pyridine rings is 1. The van der Waals surface area contributed by atoms with Gasteiger partial charge in [-0.2, -0.15) is 0 Å². The molecule has 2 aromatic rings. The third-order valence-electron chi connectivity index (χ3n) is 2.51. The number of aldehydes is 1. The van der Waals surface area contributed by atoms with E-state index >= 15 is 0 Å². The Hall–Kier alpha value is -2.16. The number of hydrogen-bond acceptors (Lipinski definition) is 3. The van der Waals surface area contributed by atoms with Crippen LogP contribution < -0.4 is 4.74 Å². The van der Waals surface area contributed by atoms with Crippen LogP contribution in [0.3, 0.4) is 0 Å². The summed E-state index contributed by atoms with van der Waals surface area (Å²) >= 11 is 0. The third-order valence-corrected chi connectivity index (χ3v) is 2.51. The number of rotatable bonds is 4. The van der Waals surface area contributed by atoms with Gasteiger partial charge in [0.25, 0.3) is 0 Å². The van der Waals surface area contributed by atoms with Crippen LogP contribution in [0.25, 0.3) is 0 Å². The van der Waals surface area contributed by atoms with Crippen molar-refractivity contribution < 1.29 is 9.53 Å². The van der Waals surface area contributed by atoms with Gasteiger partial charge in [-0.05, 0) is 42.8 Å². The van der Waals surface area contributed by atoms with E-state index < -0.39 is 0 Å². The highest BCUT2D eigenvalue weighted by molar-refractivity contribution is 5.74. The smallest absolute Gasteiger partial charge is 0.150 e. The van der Waals surface area contributed by atoms with E-state index in [1.165, 1.54) is 0 Å². The summed E-state index contributed by atoms with van der Waals surface area (Å²) in [7, 11) is 0. The number of aryl methyl sites for hydroxylation is 1. The molecule has 0 amide bonds. The van der Waals surface area contributed by atoms with Crippen LogP contribution in [-0.2, 0) is 6.61 Å². The first-order valence-corrected chi connectivity index (χ1v) is 5.38. The summed E-state index contributed by atoms with van der Waals surface area (Å²) in [4.78, 5) is 14.7. The molecule has 0 spiro atoms. The molecular weight excluding hydrogens is 214 g/mol. The van der Waals surface area contributed by atoms with Crippen LogP contribution in [0.2, 0.25) is 0 Å². The van der Waals surface area contributed by atoms with Crippen molar-refractivity contribution in [2.75, 3.05) is 0 Å². The lowest BCUT2D eigenvalue weighted by molar-refractivity contribution is 0.112. The average molecular weight is 227 g/mol. The van der Waals surface area contributed by atoms with E-state index in [0.717, 1.165) is 23.3 Å². The monoisotopic (exact) mass is 227 g/mol. The Morgan fingerprint density at radius 3 is 2.65 bits per heavy atom. The van der Waals surface area contributed by atoms with Gasteiger partial charge in [0.05, 0.1) is 5.69 Å². The van der Waals surface area contributed by atoms with Gasteiger partial charge in [-0.25, -0.2) is 0 Å². The molecule has 2 rings (SSSR count). The maximum absolute atomic E-state index is 10.5. The van der Waals surface area contributed by atoms with Crippen LogP contribution in [0.15, 0.2) is 42.6 Å². The van der Waals surface area contributed by atoms with E-state index in [1.54, 1.807) is 30.5 Å². The lowest BCUT2D eigenvalue weighted by atomic mass is 10.2. The van der Waals surface area contributed by atoms with Crippen molar-refractivity contribution in [3.05, 3.63) is 59.4 Å². The van der Waals surface area contributed by atoms with E-state index in [4.69, 9.17) is 4.74 Å². The molecule has 3 heteroatoms. The van der Waals surface area contributed by atoms with Crippen molar-refractivity contribution >= 4 is 6.29 Å². The predicted octanol–water partition coefficient (Wildman–Crippen LogP) is 2.78. The van der Waals surface area contributed by atoms with Crippen molar-refractivity contribution in [3.8, 4) is 5.75 Å². The first-order chi connectivity index (χ1) is 8.29. The fourth-order valence-electron chi connectivity index (χ4n) is 1.46. The molecule has 86 valence electrons.